The summed E-state index contributed by atoms with van der Waals surface area (Å²) in [6.45, 7) is 4.67. The molecule has 25 heavy (non-hydrogen) atoms. The molecule has 2 aromatic rings. The summed E-state index contributed by atoms with van der Waals surface area (Å²) in [6.07, 6.45) is 0.696. The molecule has 1 saturated carbocycles. The molecule has 3 atom stereocenters. The van der Waals surface area contributed by atoms with E-state index < -0.39 is 6.09 Å². The van der Waals surface area contributed by atoms with E-state index in [1.54, 1.807) is 0 Å². The van der Waals surface area contributed by atoms with Crippen LogP contribution in [0.1, 0.15) is 23.4 Å². The first-order chi connectivity index (χ1) is 12.2. The molecule has 132 valence electrons. The first-order valence-corrected chi connectivity index (χ1v) is 8.79. The second kappa shape index (κ2) is 6.52. The fourth-order valence-corrected chi connectivity index (χ4v) is 4.19. The predicted molar refractivity (Wildman–Crippen MR) is 92.0 cm³/mol. The number of hydrogen-bond acceptors (Lipinski definition) is 5. The number of ether oxygens (including phenoxy) is 1. The summed E-state index contributed by atoms with van der Waals surface area (Å²) in [5.74, 6) is 1.88. The molecule has 3 unspecified atom stereocenters. The minimum absolute atomic E-state index is 0.156. The van der Waals surface area contributed by atoms with E-state index in [0.29, 0.717) is 18.4 Å². The number of nitrogens with zero attached hydrogens (tertiary/aromatic N) is 1. The number of nitrogens with one attached hydrogen (secondary N) is 2. The van der Waals surface area contributed by atoms with Gasteiger partial charge in [-0.2, -0.15) is 0 Å². The molecule has 4 rings (SSSR count). The van der Waals surface area contributed by atoms with Crippen molar-refractivity contribution >= 4 is 6.09 Å². The van der Waals surface area contributed by atoms with E-state index in [0.717, 1.165) is 36.5 Å². The van der Waals surface area contributed by atoms with Crippen LogP contribution in [0.15, 0.2) is 40.9 Å². The van der Waals surface area contributed by atoms with Gasteiger partial charge in [-0.3, -0.25) is 0 Å². The molecule has 1 aromatic heterocycles. The molecule has 2 heterocycles. The first kappa shape index (κ1) is 16.1. The average Bonchev–Trinajstić information content (AvgIpc) is 3.10. The number of aromatic nitrogens is 1. The lowest BCUT2D eigenvalue weighted by Gasteiger charge is -2.15. The Bertz CT molecular complexity index is 731. The highest BCUT2D eigenvalue weighted by Gasteiger charge is 2.67. The number of alkyl carbamates (subject to hydrolysis) is 1. The number of carbonyl (C=O) groups is 1. The summed E-state index contributed by atoms with van der Waals surface area (Å²) in [6, 6.07) is 11.7. The molecule has 1 aromatic carbocycles. The van der Waals surface area contributed by atoms with Gasteiger partial charge in [-0.1, -0.05) is 35.5 Å². The van der Waals surface area contributed by atoms with E-state index in [4.69, 9.17) is 9.26 Å². The zero-order valence-electron chi connectivity index (χ0n) is 14.3. The largest absolute Gasteiger partial charge is 0.445 e. The Morgan fingerprint density at radius 2 is 2.24 bits per heavy atom. The Balaban J connectivity index is 1.39. The number of fused-ring (bicyclic) bond motifs is 1. The lowest BCUT2D eigenvalue weighted by atomic mass is 9.97. The van der Waals surface area contributed by atoms with E-state index in [9.17, 15) is 4.79 Å². The van der Waals surface area contributed by atoms with Crippen molar-refractivity contribution in [3.8, 4) is 0 Å². The van der Waals surface area contributed by atoms with Crippen LogP contribution in [-0.4, -0.2) is 30.9 Å². The minimum atomic E-state index is -0.393. The van der Waals surface area contributed by atoms with Crippen molar-refractivity contribution in [3.63, 3.8) is 0 Å². The summed E-state index contributed by atoms with van der Waals surface area (Å²) in [4.78, 5) is 12.1. The standard InChI is InChI=1S/C19H23N3O3/c1-13-9-17(25-22-13)19(15-7-8-20-10-16(15)19)12-21-18(23)24-11-14-5-3-2-4-6-14/h2-6,9,15-16,20H,7-8,10-12H2,1H3,(H,21,23). The summed E-state index contributed by atoms with van der Waals surface area (Å²) >= 11 is 0. The summed E-state index contributed by atoms with van der Waals surface area (Å²) < 4.78 is 10.9. The van der Waals surface area contributed by atoms with Crippen LogP contribution >= 0.6 is 0 Å². The van der Waals surface area contributed by atoms with E-state index in [2.05, 4.69) is 15.8 Å². The molecule has 1 aliphatic heterocycles. The molecule has 2 fully saturated rings. The predicted octanol–water partition coefficient (Wildman–Crippen LogP) is 2.39. The Morgan fingerprint density at radius 3 is 2.92 bits per heavy atom. The van der Waals surface area contributed by atoms with Gasteiger partial charge in [-0.15, -0.1) is 0 Å². The van der Waals surface area contributed by atoms with Gasteiger partial charge in [0.1, 0.15) is 12.4 Å². The average molecular weight is 341 g/mol. The topological polar surface area (TPSA) is 76.4 Å². The summed E-state index contributed by atoms with van der Waals surface area (Å²) in [5, 5.41) is 10.4. The quantitative estimate of drug-likeness (QED) is 0.873. The van der Waals surface area contributed by atoms with Crippen molar-refractivity contribution in [2.24, 2.45) is 11.8 Å². The molecular formula is C19H23N3O3. The number of amides is 1. The van der Waals surface area contributed by atoms with Gasteiger partial charge < -0.3 is 19.9 Å². The lowest BCUT2D eigenvalue weighted by Crippen LogP contribution is -2.35. The van der Waals surface area contributed by atoms with Crippen molar-refractivity contribution in [3.05, 3.63) is 53.4 Å². The molecule has 6 heteroatoms. The Hall–Kier alpha value is -2.34. The zero-order chi connectivity index (χ0) is 17.3. The van der Waals surface area contributed by atoms with Gasteiger partial charge in [0.2, 0.25) is 0 Å². The van der Waals surface area contributed by atoms with Gasteiger partial charge in [-0.25, -0.2) is 4.79 Å². The number of benzene rings is 1. The SMILES string of the molecule is Cc1cc(C2(CNC(=O)OCc3ccccc3)C3CCNCC32)on1. The molecule has 2 N–H and O–H groups in total. The third-order valence-electron chi connectivity index (χ3n) is 5.52. The molecule has 1 aliphatic carbocycles. The lowest BCUT2D eigenvalue weighted by molar-refractivity contribution is 0.137. The van der Waals surface area contributed by atoms with E-state index in [-0.39, 0.29) is 12.0 Å². The van der Waals surface area contributed by atoms with Crippen LogP contribution in [0.5, 0.6) is 0 Å². The Morgan fingerprint density at radius 1 is 1.40 bits per heavy atom. The maximum absolute atomic E-state index is 12.1. The normalized spacial score (nSPS) is 27.4. The maximum Gasteiger partial charge on any atom is 0.407 e. The third-order valence-corrected chi connectivity index (χ3v) is 5.52. The number of carbonyl (C=O) groups excluding carboxylic acids is 1. The molecule has 2 aliphatic rings. The van der Waals surface area contributed by atoms with Crippen molar-refractivity contribution in [2.45, 2.75) is 25.4 Å². The minimum Gasteiger partial charge on any atom is -0.445 e. The van der Waals surface area contributed by atoms with Gasteiger partial charge in [0, 0.05) is 12.6 Å². The van der Waals surface area contributed by atoms with Gasteiger partial charge in [-0.05, 0) is 43.8 Å². The highest BCUT2D eigenvalue weighted by Crippen LogP contribution is 2.62. The summed E-state index contributed by atoms with van der Waals surface area (Å²) in [7, 11) is 0. The molecule has 0 radical (unpaired) electrons. The van der Waals surface area contributed by atoms with Crippen molar-refractivity contribution < 1.29 is 14.1 Å². The highest BCUT2D eigenvalue weighted by molar-refractivity contribution is 5.67. The Labute approximate surface area is 146 Å². The first-order valence-electron chi connectivity index (χ1n) is 8.79. The second-order valence-electron chi connectivity index (χ2n) is 6.99. The molecule has 1 saturated heterocycles. The maximum atomic E-state index is 12.1. The van der Waals surface area contributed by atoms with Crippen LogP contribution in [-0.2, 0) is 16.8 Å². The van der Waals surface area contributed by atoms with Crippen molar-refractivity contribution in [1.29, 1.82) is 0 Å². The van der Waals surface area contributed by atoms with Crippen LogP contribution in [0.2, 0.25) is 0 Å². The number of rotatable bonds is 5. The van der Waals surface area contributed by atoms with Crippen molar-refractivity contribution in [2.75, 3.05) is 19.6 Å². The monoisotopic (exact) mass is 341 g/mol. The fourth-order valence-electron chi connectivity index (χ4n) is 4.19. The molecule has 0 bridgehead atoms. The molecule has 0 spiro atoms. The van der Waals surface area contributed by atoms with E-state index in [1.807, 2.05) is 43.3 Å². The molecule has 1 amide bonds. The van der Waals surface area contributed by atoms with Gasteiger partial charge in [0.25, 0.3) is 0 Å². The van der Waals surface area contributed by atoms with Gasteiger partial charge >= 0.3 is 6.09 Å². The molecular weight excluding hydrogens is 318 g/mol. The highest BCUT2D eigenvalue weighted by atomic mass is 16.5. The smallest absolute Gasteiger partial charge is 0.407 e. The third kappa shape index (κ3) is 3.02. The van der Waals surface area contributed by atoms with Crippen LogP contribution in [0, 0.1) is 18.8 Å². The van der Waals surface area contributed by atoms with Crippen LogP contribution in [0.3, 0.4) is 0 Å². The van der Waals surface area contributed by atoms with Crippen molar-refractivity contribution in [1.82, 2.24) is 15.8 Å². The summed E-state index contributed by atoms with van der Waals surface area (Å²) in [5.41, 5.74) is 1.69. The fraction of sp³-hybridized carbons (Fsp3) is 0.474. The number of aryl methyl sites for hydroxylation is 1. The van der Waals surface area contributed by atoms with Gasteiger partial charge in [0.15, 0.2) is 0 Å². The molecule has 6 nitrogen and oxygen atoms in total. The van der Waals surface area contributed by atoms with E-state index >= 15 is 0 Å². The van der Waals surface area contributed by atoms with Crippen LogP contribution in [0.4, 0.5) is 4.79 Å². The van der Waals surface area contributed by atoms with Crippen LogP contribution in [0.25, 0.3) is 0 Å². The number of hydrogen-bond donors (Lipinski definition) is 2. The van der Waals surface area contributed by atoms with E-state index in [1.165, 1.54) is 0 Å². The van der Waals surface area contributed by atoms with Crippen LogP contribution < -0.4 is 10.6 Å². The van der Waals surface area contributed by atoms with Gasteiger partial charge in [0.05, 0.1) is 11.1 Å². The second-order valence-corrected chi connectivity index (χ2v) is 6.99. The number of piperidine rings is 1. The Kier molecular flexibility index (Phi) is 4.21. The zero-order valence-corrected chi connectivity index (χ0v) is 14.3.